The van der Waals surface area contributed by atoms with E-state index < -0.39 is 0 Å². The van der Waals surface area contributed by atoms with Crippen LogP contribution >= 0.6 is 11.3 Å². The van der Waals surface area contributed by atoms with Gasteiger partial charge in [-0.05, 0) is 23.9 Å². The Morgan fingerprint density at radius 2 is 1.86 bits per heavy atom. The molecule has 6 nitrogen and oxygen atoms in total. The van der Waals surface area contributed by atoms with E-state index in [-0.39, 0.29) is 5.91 Å². The quantitative estimate of drug-likeness (QED) is 0.521. The number of benzene rings is 1. The Balaban J connectivity index is 1.37. The minimum Gasteiger partial charge on any atom is -0.352 e. The third kappa shape index (κ3) is 3.21. The normalized spacial score (nSPS) is 14.7. The summed E-state index contributed by atoms with van der Waals surface area (Å²) in [6, 6.07) is 12.0. The molecule has 0 atom stereocenters. The summed E-state index contributed by atoms with van der Waals surface area (Å²) in [4.78, 5) is 33.0. The van der Waals surface area contributed by atoms with Crippen LogP contribution < -0.4 is 4.90 Å². The topological polar surface area (TPSA) is 62.2 Å². The van der Waals surface area contributed by atoms with Crippen LogP contribution in [0.3, 0.4) is 0 Å². The van der Waals surface area contributed by atoms with Gasteiger partial charge in [0.05, 0.1) is 5.39 Å². The summed E-state index contributed by atoms with van der Waals surface area (Å²) >= 11 is 1.73. The molecule has 146 valence electrons. The van der Waals surface area contributed by atoms with E-state index in [0.29, 0.717) is 18.8 Å². The molecule has 1 fully saturated rings. The van der Waals surface area contributed by atoms with Crippen LogP contribution in [0.4, 0.5) is 5.82 Å². The molecule has 1 amide bonds. The first-order chi connectivity index (χ1) is 14.2. The maximum atomic E-state index is 13.1. The molecular formula is C22H21N5OS. The maximum Gasteiger partial charge on any atom is 0.273 e. The molecule has 0 aliphatic carbocycles. The zero-order valence-electron chi connectivity index (χ0n) is 16.2. The zero-order valence-corrected chi connectivity index (χ0v) is 17.0. The fourth-order valence-electron chi connectivity index (χ4n) is 3.88. The number of anilines is 1. The van der Waals surface area contributed by atoms with Gasteiger partial charge in [0.25, 0.3) is 5.91 Å². The van der Waals surface area contributed by atoms with Crippen LogP contribution in [-0.2, 0) is 6.42 Å². The van der Waals surface area contributed by atoms with Gasteiger partial charge < -0.3 is 9.80 Å². The van der Waals surface area contributed by atoms with Crippen LogP contribution in [0, 0.1) is 0 Å². The number of aromatic nitrogens is 3. The van der Waals surface area contributed by atoms with Gasteiger partial charge >= 0.3 is 0 Å². The molecule has 29 heavy (non-hydrogen) atoms. The first-order valence-electron chi connectivity index (χ1n) is 9.86. The van der Waals surface area contributed by atoms with Crippen molar-refractivity contribution in [1.29, 1.82) is 0 Å². The van der Waals surface area contributed by atoms with Gasteiger partial charge in [-0.1, -0.05) is 31.2 Å². The highest BCUT2D eigenvalue weighted by Gasteiger charge is 2.26. The molecule has 0 bridgehead atoms. The number of piperazine rings is 1. The van der Waals surface area contributed by atoms with Gasteiger partial charge in [0, 0.05) is 42.6 Å². The van der Waals surface area contributed by atoms with Crippen molar-refractivity contribution >= 4 is 44.1 Å². The van der Waals surface area contributed by atoms with Crippen LogP contribution in [0.25, 0.3) is 21.0 Å². The fraction of sp³-hybridized carbons (Fsp3) is 0.273. The molecular weight excluding hydrogens is 382 g/mol. The van der Waals surface area contributed by atoms with Gasteiger partial charge in [0.1, 0.15) is 22.7 Å². The van der Waals surface area contributed by atoms with Crippen molar-refractivity contribution in [3.63, 3.8) is 0 Å². The average Bonchev–Trinajstić information content (AvgIpc) is 3.22. The Hall–Kier alpha value is -3.06. The molecule has 5 rings (SSSR count). The minimum absolute atomic E-state index is 0.00177. The van der Waals surface area contributed by atoms with E-state index in [1.54, 1.807) is 23.9 Å². The van der Waals surface area contributed by atoms with E-state index in [0.717, 1.165) is 46.3 Å². The molecule has 1 aromatic carbocycles. The molecule has 4 heterocycles. The van der Waals surface area contributed by atoms with Gasteiger partial charge in [0.15, 0.2) is 0 Å². The predicted molar refractivity (Wildman–Crippen MR) is 117 cm³/mol. The third-order valence-electron chi connectivity index (χ3n) is 5.45. The Bertz CT molecular complexity index is 1190. The molecule has 4 aromatic rings. The third-order valence-corrected chi connectivity index (χ3v) is 6.64. The molecule has 0 radical (unpaired) electrons. The lowest BCUT2D eigenvalue weighted by molar-refractivity contribution is 0.0743. The number of hydrogen-bond acceptors (Lipinski definition) is 6. The lowest BCUT2D eigenvalue weighted by Gasteiger charge is -2.35. The number of rotatable bonds is 3. The summed E-state index contributed by atoms with van der Waals surface area (Å²) in [7, 11) is 0. The largest absolute Gasteiger partial charge is 0.352 e. The molecule has 1 aliphatic heterocycles. The summed E-state index contributed by atoms with van der Waals surface area (Å²) < 4.78 is 0. The highest BCUT2D eigenvalue weighted by molar-refractivity contribution is 7.18. The lowest BCUT2D eigenvalue weighted by Crippen LogP contribution is -2.49. The Morgan fingerprint density at radius 3 is 2.69 bits per heavy atom. The molecule has 1 saturated heterocycles. The van der Waals surface area contributed by atoms with Crippen LogP contribution in [0.1, 0.15) is 22.3 Å². The highest BCUT2D eigenvalue weighted by atomic mass is 32.1. The van der Waals surface area contributed by atoms with E-state index >= 15 is 0 Å². The lowest BCUT2D eigenvalue weighted by atomic mass is 10.1. The van der Waals surface area contributed by atoms with Gasteiger partial charge in [-0.2, -0.15) is 0 Å². The van der Waals surface area contributed by atoms with Gasteiger partial charge in [0.2, 0.25) is 0 Å². The second-order valence-electron chi connectivity index (χ2n) is 7.14. The van der Waals surface area contributed by atoms with Crippen molar-refractivity contribution in [3.05, 3.63) is 59.5 Å². The van der Waals surface area contributed by atoms with Crippen LogP contribution in [0.5, 0.6) is 0 Å². The monoisotopic (exact) mass is 403 g/mol. The molecule has 7 heteroatoms. The summed E-state index contributed by atoms with van der Waals surface area (Å²) in [5.41, 5.74) is 0.534. The smallest absolute Gasteiger partial charge is 0.273 e. The summed E-state index contributed by atoms with van der Waals surface area (Å²) in [5.74, 6) is 0.972. The molecule has 0 unspecified atom stereocenters. The minimum atomic E-state index is -0.00177. The van der Waals surface area contributed by atoms with Crippen molar-refractivity contribution in [2.24, 2.45) is 0 Å². The molecule has 1 aliphatic rings. The van der Waals surface area contributed by atoms with Crippen LogP contribution in [0.15, 0.2) is 48.9 Å². The van der Waals surface area contributed by atoms with E-state index in [2.05, 4.69) is 32.8 Å². The van der Waals surface area contributed by atoms with Gasteiger partial charge in [-0.3, -0.25) is 9.78 Å². The summed E-state index contributed by atoms with van der Waals surface area (Å²) in [6.07, 6.45) is 4.36. The van der Waals surface area contributed by atoms with Crippen molar-refractivity contribution < 1.29 is 4.79 Å². The molecule has 0 saturated carbocycles. The number of amides is 1. The second kappa shape index (κ2) is 7.40. The number of pyridine rings is 1. The Labute approximate surface area is 172 Å². The number of carbonyl (C=O) groups is 1. The van der Waals surface area contributed by atoms with Crippen molar-refractivity contribution in [3.8, 4) is 0 Å². The Morgan fingerprint density at radius 1 is 1.03 bits per heavy atom. The first-order valence-corrected chi connectivity index (χ1v) is 10.7. The number of carbonyl (C=O) groups excluding carboxylic acids is 1. The van der Waals surface area contributed by atoms with Gasteiger partial charge in [-0.25, -0.2) is 9.97 Å². The van der Waals surface area contributed by atoms with Crippen LogP contribution in [-0.4, -0.2) is 51.9 Å². The summed E-state index contributed by atoms with van der Waals surface area (Å²) in [5, 5.41) is 3.06. The van der Waals surface area contributed by atoms with Crippen molar-refractivity contribution in [2.45, 2.75) is 13.3 Å². The maximum absolute atomic E-state index is 13.1. The number of hydrogen-bond donors (Lipinski definition) is 0. The standard InChI is InChI=1S/C22H21N5OS/c1-2-16-13-18-20(24-14-25-21(18)29-16)26-9-11-27(12-10-26)22(28)19-17-6-4-3-5-15(17)7-8-23-19/h3-8,13-14H,2,9-12H2,1H3. The number of nitrogens with zero attached hydrogens (tertiary/aromatic N) is 5. The SMILES string of the molecule is CCc1cc2c(N3CCN(C(=O)c4nccc5ccccc45)CC3)ncnc2s1. The van der Waals surface area contributed by atoms with Crippen molar-refractivity contribution in [1.82, 2.24) is 19.9 Å². The predicted octanol–water partition coefficient (Wildman–Crippen LogP) is 3.76. The van der Waals surface area contributed by atoms with E-state index in [4.69, 9.17) is 0 Å². The average molecular weight is 404 g/mol. The van der Waals surface area contributed by atoms with Gasteiger partial charge in [-0.15, -0.1) is 11.3 Å². The Kier molecular flexibility index (Phi) is 4.60. The number of fused-ring (bicyclic) bond motifs is 2. The molecule has 3 aromatic heterocycles. The highest BCUT2D eigenvalue weighted by Crippen LogP contribution is 2.31. The molecule has 0 spiro atoms. The molecule has 0 N–H and O–H groups in total. The van der Waals surface area contributed by atoms with Crippen LogP contribution in [0.2, 0.25) is 0 Å². The number of thiophene rings is 1. The number of aryl methyl sites for hydroxylation is 1. The second-order valence-corrected chi connectivity index (χ2v) is 8.26. The van der Waals surface area contributed by atoms with E-state index in [1.807, 2.05) is 35.2 Å². The van der Waals surface area contributed by atoms with E-state index in [1.165, 1.54) is 4.88 Å². The van der Waals surface area contributed by atoms with Crippen molar-refractivity contribution in [2.75, 3.05) is 31.1 Å². The van der Waals surface area contributed by atoms with E-state index in [9.17, 15) is 4.79 Å². The summed E-state index contributed by atoms with van der Waals surface area (Å²) in [6.45, 7) is 4.96. The zero-order chi connectivity index (χ0) is 19.8. The first kappa shape index (κ1) is 18.0. The fourth-order valence-corrected chi connectivity index (χ4v) is 4.81.